The molecule has 0 saturated carbocycles. The Hall–Kier alpha value is -2.65. The molecule has 0 spiro atoms. The predicted octanol–water partition coefficient (Wildman–Crippen LogP) is 3.09. The summed E-state index contributed by atoms with van der Waals surface area (Å²) in [5.41, 5.74) is 1.45. The molecular weight excluding hydrogens is 344 g/mol. The summed E-state index contributed by atoms with van der Waals surface area (Å²) >= 11 is 3.33. The molecule has 1 aromatic carbocycles. The molecule has 0 fully saturated rings. The molecule has 1 N–H and O–H groups in total. The number of nitrogens with zero attached hydrogens (tertiary/aromatic N) is 3. The maximum absolute atomic E-state index is 12.2. The number of rotatable bonds is 2. The second-order valence-corrected chi connectivity index (χ2v) is 5.71. The average molecular weight is 355 g/mol. The van der Waals surface area contributed by atoms with Crippen LogP contribution in [0.1, 0.15) is 11.5 Å². The van der Waals surface area contributed by atoms with Gasteiger partial charge in [0.05, 0.1) is 16.5 Å². The number of aromatic nitrogens is 3. The van der Waals surface area contributed by atoms with Crippen LogP contribution >= 0.6 is 15.9 Å². The molecule has 0 unspecified atom stereocenters. The lowest BCUT2D eigenvalue weighted by Gasteiger charge is -2.03. The molecule has 22 heavy (non-hydrogen) atoms. The van der Waals surface area contributed by atoms with Crippen molar-refractivity contribution in [2.75, 3.05) is 0 Å². The SMILES string of the molecule is Cn1cccc1/C=C(/C#N)c1nc2ccc(Br)cc2c(=O)[nH]1. The van der Waals surface area contributed by atoms with E-state index >= 15 is 0 Å². The van der Waals surface area contributed by atoms with Gasteiger partial charge in [0, 0.05) is 23.4 Å². The van der Waals surface area contributed by atoms with Crippen LogP contribution in [0.3, 0.4) is 0 Å². The number of nitrogens with one attached hydrogen (secondary N) is 1. The zero-order valence-electron chi connectivity index (χ0n) is 11.7. The molecule has 0 amide bonds. The topological polar surface area (TPSA) is 74.5 Å². The van der Waals surface area contributed by atoms with Crippen molar-refractivity contribution in [1.29, 1.82) is 5.26 Å². The van der Waals surface area contributed by atoms with E-state index in [2.05, 4.69) is 32.0 Å². The van der Waals surface area contributed by atoms with E-state index in [4.69, 9.17) is 0 Å². The summed E-state index contributed by atoms with van der Waals surface area (Å²) in [5.74, 6) is 0.267. The Balaban J connectivity index is 2.19. The van der Waals surface area contributed by atoms with Gasteiger partial charge in [-0.2, -0.15) is 5.26 Å². The van der Waals surface area contributed by atoms with Crippen LogP contribution in [0.2, 0.25) is 0 Å². The molecule has 6 heteroatoms. The van der Waals surface area contributed by atoms with Crippen LogP contribution in [0, 0.1) is 11.3 Å². The maximum Gasteiger partial charge on any atom is 0.259 e. The smallest absolute Gasteiger partial charge is 0.259 e. The number of benzene rings is 1. The first kappa shape index (κ1) is 14.3. The lowest BCUT2D eigenvalue weighted by Crippen LogP contribution is -2.11. The quantitative estimate of drug-likeness (QED) is 0.718. The summed E-state index contributed by atoms with van der Waals surface area (Å²) in [7, 11) is 1.88. The fourth-order valence-electron chi connectivity index (χ4n) is 2.16. The highest BCUT2D eigenvalue weighted by Crippen LogP contribution is 2.18. The zero-order valence-corrected chi connectivity index (χ0v) is 13.3. The summed E-state index contributed by atoms with van der Waals surface area (Å²) < 4.78 is 2.69. The minimum Gasteiger partial charge on any atom is -0.351 e. The third kappa shape index (κ3) is 2.59. The monoisotopic (exact) mass is 354 g/mol. The van der Waals surface area contributed by atoms with Gasteiger partial charge < -0.3 is 9.55 Å². The molecule has 0 aliphatic rings. The molecule has 3 rings (SSSR count). The number of halogens is 1. The lowest BCUT2D eigenvalue weighted by atomic mass is 10.2. The fraction of sp³-hybridized carbons (Fsp3) is 0.0625. The highest BCUT2D eigenvalue weighted by Gasteiger charge is 2.09. The Bertz CT molecular complexity index is 991. The first-order valence-corrected chi connectivity index (χ1v) is 7.31. The van der Waals surface area contributed by atoms with Gasteiger partial charge in [-0.15, -0.1) is 0 Å². The van der Waals surface area contributed by atoms with Crippen LogP contribution in [0.25, 0.3) is 22.6 Å². The van der Waals surface area contributed by atoms with E-state index in [0.717, 1.165) is 10.2 Å². The molecule has 2 heterocycles. The first-order chi connectivity index (χ1) is 10.6. The molecule has 5 nitrogen and oxygen atoms in total. The van der Waals surface area contributed by atoms with Crippen LogP contribution < -0.4 is 5.56 Å². The number of allylic oxidation sites excluding steroid dienone is 1. The van der Waals surface area contributed by atoms with Gasteiger partial charge in [-0.25, -0.2) is 4.98 Å². The van der Waals surface area contributed by atoms with Crippen LogP contribution in [-0.4, -0.2) is 14.5 Å². The number of hydrogen-bond donors (Lipinski definition) is 1. The zero-order chi connectivity index (χ0) is 15.7. The van der Waals surface area contributed by atoms with Crippen molar-refractivity contribution in [3.05, 3.63) is 62.9 Å². The Kier molecular flexibility index (Phi) is 3.65. The van der Waals surface area contributed by atoms with E-state index in [1.807, 2.05) is 36.0 Å². The third-order valence-electron chi connectivity index (χ3n) is 3.32. The van der Waals surface area contributed by atoms with E-state index in [-0.39, 0.29) is 11.4 Å². The Morgan fingerprint density at radius 2 is 2.27 bits per heavy atom. The Morgan fingerprint density at radius 3 is 2.95 bits per heavy atom. The maximum atomic E-state index is 12.2. The second-order valence-electron chi connectivity index (χ2n) is 4.79. The summed E-state index contributed by atoms with van der Waals surface area (Å²) in [4.78, 5) is 19.2. The summed E-state index contributed by atoms with van der Waals surface area (Å²) in [6.07, 6.45) is 3.58. The summed E-state index contributed by atoms with van der Waals surface area (Å²) in [6.45, 7) is 0. The molecule has 3 aromatic rings. The van der Waals surface area contributed by atoms with Gasteiger partial charge in [0.1, 0.15) is 6.07 Å². The van der Waals surface area contributed by atoms with Gasteiger partial charge in [-0.3, -0.25) is 4.79 Å². The number of nitriles is 1. The van der Waals surface area contributed by atoms with Crippen LogP contribution in [0.4, 0.5) is 0 Å². The van der Waals surface area contributed by atoms with Gasteiger partial charge in [0.15, 0.2) is 5.82 Å². The third-order valence-corrected chi connectivity index (χ3v) is 3.81. The molecule has 0 saturated heterocycles. The molecule has 0 aliphatic heterocycles. The van der Waals surface area contributed by atoms with Gasteiger partial charge in [-0.05, 0) is 36.4 Å². The normalized spacial score (nSPS) is 11.6. The number of hydrogen-bond acceptors (Lipinski definition) is 3. The predicted molar refractivity (Wildman–Crippen MR) is 89.0 cm³/mol. The molecule has 0 bridgehead atoms. The van der Waals surface area contributed by atoms with E-state index in [1.165, 1.54) is 0 Å². The Labute approximate surface area is 134 Å². The number of fused-ring (bicyclic) bond motifs is 1. The molecule has 0 aliphatic carbocycles. The van der Waals surface area contributed by atoms with Gasteiger partial charge in [0.25, 0.3) is 5.56 Å². The number of aromatic amines is 1. The van der Waals surface area contributed by atoms with Crippen molar-refractivity contribution in [2.24, 2.45) is 7.05 Å². The summed E-state index contributed by atoms with van der Waals surface area (Å²) in [6, 6.07) is 11.1. The standard InChI is InChI=1S/C16H11BrN4O/c1-21-6-2-3-12(21)7-10(9-18)15-19-14-5-4-11(17)8-13(14)16(22)20-15/h2-8H,1H3,(H,19,20,22)/b10-7-. The van der Waals surface area contributed by atoms with E-state index in [9.17, 15) is 10.1 Å². The Morgan fingerprint density at radius 1 is 1.45 bits per heavy atom. The minimum atomic E-state index is -0.269. The van der Waals surface area contributed by atoms with Gasteiger partial charge in [-0.1, -0.05) is 15.9 Å². The van der Waals surface area contributed by atoms with Crippen molar-refractivity contribution in [3.8, 4) is 6.07 Å². The molecule has 2 aromatic heterocycles. The highest BCUT2D eigenvalue weighted by molar-refractivity contribution is 9.10. The van der Waals surface area contributed by atoms with E-state index in [1.54, 1.807) is 18.2 Å². The van der Waals surface area contributed by atoms with Crippen molar-refractivity contribution in [3.63, 3.8) is 0 Å². The molecular formula is C16H11BrN4O. The van der Waals surface area contributed by atoms with Crippen LogP contribution in [0.15, 0.2) is 45.8 Å². The lowest BCUT2D eigenvalue weighted by molar-refractivity contribution is 0.915. The molecule has 0 atom stereocenters. The number of H-pyrrole nitrogens is 1. The fourth-order valence-corrected chi connectivity index (χ4v) is 2.53. The van der Waals surface area contributed by atoms with Crippen molar-refractivity contribution >= 4 is 38.5 Å². The molecule has 0 radical (unpaired) electrons. The average Bonchev–Trinajstić information content (AvgIpc) is 2.90. The van der Waals surface area contributed by atoms with E-state index in [0.29, 0.717) is 16.5 Å². The first-order valence-electron chi connectivity index (χ1n) is 6.51. The largest absolute Gasteiger partial charge is 0.351 e. The number of aryl methyl sites for hydroxylation is 1. The van der Waals surface area contributed by atoms with Crippen molar-refractivity contribution in [1.82, 2.24) is 14.5 Å². The van der Waals surface area contributed by atoms with Crippen molar-refractivity contribution < 1.29 is 0 Å². The summed E-state index contributed by atoms with van der Waals surface area (Å²) in [5, 5.41) is 9.86. The van der Waals surface area contributed by atoms with E-state index < -0.39 is 0 Å². The molecule has 108 valence electrons. The second kappa shape index (κ2) is 5.62. The van der Waals surface area contributed by atoms with Gasteiger partial charge >= 0.3 is 0 Å². The van der Waals surface area contributed by atoms with Crippen LogP contribution in [0.5, 0.6) is 0 Å². The van der Waals surface area contributed by atoms with Crippen molar-refractivity contribution in [2.45, 2.75) is 0 Å². The minimum absolute atomic E-state index is 0.267. The van der Waals surface area contributed by atoms with Crippen LogP contribution in [-0.2, 0) is 7.05 Å². The highest BCUT2D eigenvalue weighted by atomic mass is 79.9. The van der Waals surface area contributed by atoms with Gasteiger partial charge in [0.2, 0.25) is 0 Å².